The largest absolute Gasteiger partial charge is 0.443 e. The summed E-state index contributed by atoms with van der Waals surface area (Å²) < 4.78 is 12.5. The summed E-state index contributed by atoms with van der Waals surface area (Å²) in [5.74, 6) is -0.213. The highest BCUT2D eigenvalue weighted by atomic mass is 32.2. The van der Waals surface area contributed by atoms with Crippen LogP contribution in [0.25, 0.3) is 11.4 Å². The second-order valence-electron chi connectivity index (χ2n) is 10.2. The van der Waals surface area contributed by atoms with Gasteiger partial charge in [-0.25, -0.2) is 9.36 Å². The number of aliphatic hydroxyl groups is 1. The Hall–Kier alpha value is -3.28. The molecule has 3 rings (SSSR count). The number of carbonyl (C=O) groups excluding carboxylic acids is 2. The van der Waals surface area contributed by atoms with Gasteiger partial charge in [0.25, 0.3) is 0 Å². The number of carbonyl (C=O) groups is 2. The van der Waals surface area contributed by atoms with Gasteiger partial charge < -0.3 is 14.6 Å². The summed E-state index contributed by atoms with van der Waals surface area (Å²) in [4.78, 5) is 32.1. The molecule has 11 heteroatoms. The van der Waals surface area contributed by atoms with Crippen LogP contribution in [0.15, 0.2) is 60.0 Å². The standard InChI is InChI=1S/C26H33N5O5S/c1-17(21(32)30(19-13-9-8-10-14-19)23(33)35-25(2,3)4)37-22-29-28-20(18-12-11-15-27-16-18)31(22)24(34)36-26(5,6)7/h8-17,23,33H,1-7H3. The van der Waals surface area contributed by atoms with Crippen LogP contribution in [0.5, 0.6) is 0 Å². The van der Waals surface area contributed by atoms with E-state index in [4.69, 9.17) is 9.47 Å². The number of aliphatic hydroxyl groups excluding tert-OH is 1. The number of amides is 1. The quantitative estimate of drug-likeness (QED) is 0.343. The maximum absolute atomic E-state index is 13.6. The van der Waals surface area contributed by atoms with E-state index >= 15 is 0 Å². The third kappa shape index (κ3) is 7.61. The van der Waals surface area contributed by atoms with Crippen molar-refractivity contribution in [1.82, 2.24) is 19.7 Å². The van der Waals surface area contributed by atoms with Crippen LogP contribution in [0.2, 0.25) is 0 Å². The van der Waals surface area contributed by atoms with E-state index in [0.29, 0.717) is 11.3 Å². The second kappa shape index (κ2) is 11.4. The van der Waals surface area contributed by atoms with Crippen molar-refractivity contribution in [1.29, 1.82) is 0 Å². The van der Waals surface area contributed by atoms with Crippen LogP contribution in [-0.2, 0) is 14.3 Å². The number of para-hydroxylation sites is 1. The molecular formula is C26H33N5O5S. The molecule has 2 atom stereocenters. The minimum absolute atomic E-state index is 0.160. The Labute approximate surface area is 221 Å². The number of rotatable bonds is 7. The summed E-state index contributed by atoms with van der Waals surface area (Å²) in [5.41, 5.74) is -0.457. The number of aromatic nitrogens is 4. The highest BCUT2D eigenvalue weighted by Crippen LogP contribution is 2.30. The first kappa shape index (κ1) is 28.3. The van der Waals surface area contributed by atoms with E-state index in [9.17, 15) is 14.7 Å². The van der Waals surface area contributed by atoms with Crippen LogP contribution < -0.4 is 4.90 Å². The Balaban J connectivity index is 1.96. The maximum atomic E-state index is 13.6. The first-order valence-corrected chi connectivity index (χ1v) is 12.6. The molecule has 0 saturated heterocycles. The molecule has 37 heavy (non-hydrogen) atoms. The van der Waals surface area contributed by atoms with Gasteiger partial charge in [-0.15, -0.1) is 10.2 Å². The lowest BCUT2D eigenvalue weighted by molar-refractivity contribution is -0.169. The fourth-order valence-corrected chi connectivity index (χ4v) is 4.11. The highest BCUT2D eigenvalue weighted by Gasteiger charge is 2.34. The average Bonchev–Trinajstić information content (AvgIpc) is 3.22. The van der Waals surface area contributed by atoms with Crippen molar-refractivity contribution in [2.45, 2.75) is 76.5 Å². The van der Waals surface area contributed by atoms with Crippen LogP contribution in [0.3, 0.4) is 0 Å². The van der Waals surface area contributed by atoms with Crippen LogP contribution >= 0.6 is 11.8 Å². The van der Waals surface area contributed by atoms with Gasteiger partial charge >= 0.3 is 6.09 Å². The molecule has 0 bridgehead atoms. The Morgan fingerprint density at radius 2 is 1.68 bits per heavy atom. The number of thioether (sulfide) groups is 1. The molecule has 0 fully saturated rings. The van der Waals surface area contributed by atoms with Gasteiger partial charge in [0.1, 0.15) is 5.60 Å². The van der Waals surface area contributed by atoms with Crippen molar-refractivity contribution in [2.24, 2.45) is 0 Å². The van der Waals surface area contributed by atoms with Crippen molar-refractivity contribution in [3.8, 4) is 11.4 Å². The average molecular weight is 528 g/mol. The summed E-state index contributed by atoms with van der Waals surface area (Å²) in [6.07, 6.45) is 0.949. The number of hydrogen-bond acceptors (Lipinski definition) is 9. The molecule has 2 unspecified atom stereocenters. The fourth-order valence-electron chi connectivity index (χ4n) is 3.23. The Bertz CT molecular complexity index is 1210. The van der Waals surface area contributed by atoms with Crippen molar-refractivity contribution >= 4 is 29.4 Å². The number of nitrogens with zero attached hydrogens (tertiary/aromatic N) is 5. The zero-order chi connectivity index (χ0) is 27.4. The Morgan fingerprint density at radius 1 is 1.00 bits per heavy atom. The molecule has 1 amide bonds. The lowest BCUT2D eigenvalue weighted by Crippen LogP contribution is -2.48. The van der Waals surface area contributed by atoms with Crippen LogP contribution in [0, 0.1) is 0 Å². The van der Waals surface area contributed by atoms with Gasteiger partial charge in [-0.1, -0.05) is 30.0 Å². The van der Waals surface area contributed by atoms with Gasteiger partial charge in [0, 0.05) is 23.6 Å². The second-order valence-corrected chi connectivity index (χ2v) is 11.5. The molecule has 0 aliphatic carbocycles. The smallest absolute Gasteiger partial charge is 0.422 e. The van der Waals surface area contributed by atoms with Gasteiger partial charge in [-0.3, -0.25) is 14.7 Å². The molecule has 1 aromatic carbocycles. The molecule has 0 aliphatic heterocycles. The number of pyridine rings is 1. The molecule has 10 nitrogen and oxygen atoms in total. The lowest BCUT2D eigenvalue weighted by Gasteiger charge is -2.33. The van der Waals surface area contributed by atoms with E-state index in [0.717, 1.165) is 11.8 Å². The van der Waals surface area contributed by atoms with E-state index in [2.05, 4.69) is 15.2 Å². The zero-order valence-electron chi connectivity index (χ0n) is 22.1. The minimum Gasteiger partial charge on any atom is -0.443 e. The first-order valence-electron chi connectivity index (χ1n) is 11.8. The lowest BCUT2D eigenvalue weighted by atomic mass is 10.2. The van der Waals surface area contributed by atoms with E-state index in [-0.39, 0.29) is 11.0 Å². The summed E-state index contributed by atoms with van der Waals surface area (Å²) in [6, 6.07) is 12.2. The van der Waals surface area contributed by atoms with Gasteiger partial charge in [-0.05, 0) is 72.7 Å². The normalized spacial score (nSPS) is 13.6. The Kier molecular flexibility index (Phi) is 8.72. The topological polar surface area (TPSA) is 120 Å². The zero-order valence-corrected chi connectivity index (χ0v) is 22.9. The predicted molar refractivity (Wildman–Crippen MR) is 141 cm³/mol. The van der Waals surface area contributed by atoms with Gasteiger partial charge in [0.2, 0.25) is 17.5 Å². The third-order valence-electron chi connectivity index (χ3n) is 4.71. The van der Waals surface area contributed by atoms with E-state index in [1.807, 2.05) is 6.07 Å². The van der Waals surface area contributed by atoms with Crippen molar-refractivity contribution < 1.29 is 24.2 Å². The van der Waals surface area contributed by atoms with Crippen LogP contribution in [-0.4, -0.2) is 59.7 Å². The molecular weight excluding hydrogens is 494 g/mol. The molecule has 3 aromatic rings. The molecule has 2 aromatic heterocycles. The molecule has 2 heterocycles. The van der Waals surface area contributed by atoms with E-state index in [1.165, 1.54) is 9.47 Å². The van der Waals surface area contributed by atoms with Crippen molar-refractivity contribution in [3.05, 3.63) is 54.9 Å². The fraction of sp³-hybridized carbons (Fsp3) is 0.423. The van der Waals surface area contributed by atoms with Gasteiger partial charge in [0.05, 0.1) is 10.9 Å². The van der Waals surface area contributed by atoms with E-state index in [1.54, 1.807) is 97.3 Å². The SMILES string of the molecule is CC(Sc1nnc(-c2cccnc2)n1C(=O)OC(C)(C)C)C(=O)N(c1ccccc1)C(O)OC(C)(C)C. The molecule has 0 spiro atoms. The summed E-state index contributed by atoms with van der Waals surface area (Å²) in [6.45, 7) is 12.3. The van der Waals surface area contributed by atoms with Crippen molar-refractivity contribution in [3.63, 3.8) is 0 Å². The number of benzene rings is 1. The predicted octanol–water partition coefficient (Wildman–Crippen LogP) is 4.73. The van der Waals surface area contributed by atoms with E-state index < -0.39 is 34.9 Å². The summed E-state index contributed by atoms with van der Waals surface area (Å²) in [5, 5.41) is 18.6. The maximum Gasteiger partial charge on any atom is 0.422 e. The monoisotopic (exact) mass is 527 g/mol. The minimum atomic E-state index is -1.53. The van der Waals surface area contributed by atoms with Gasteiger partial charge in [-0.2, -0.15) is 0 Å². The summed E-state index contributed by atoms with van der Waals surface area (Å²) >= 11 is 1.02. The molecule has 0 aliphatic rings. The molecule has 0 saturated carbocycles. The summed E-state index contributed by atoms with van der Waals surface area (Å²) in [7, 11) is 0. The number of ether oxygens (including phenoxy) is 2. The number of hydrogen-bond donors (Lipinski definition) is 1. The first-order chi connectivity index (χ1) is 17.3. The molecule has 0 radical (unpaired) electrons. The molecule has 1 N–H and O–H groups in total. The van der Waals surface area contributed by atoms with Crippen molar-refractivity contribution in [2.75, 3.05) is 4.90 Å². The third-order valence-corrected chi connectivity index (χ3v) is 5.74. The van der Waals surface area contributed by atoms with Crippen LogP contribution in [0.4, 0.5) is 10.5 Å². The Morgan fingerprint density at radius 3 is 2.24 bits per heavy atom. The van der Waals surface area contributed by atoms with Crippen LogP contribution in [0.1, 0.15) is 48.5 Å². The highest BCUT2D eigenvalue weighted by molar-refractivity contribution is 8.00. The molecule has 198 valence electrons. The van der Waals surface area contributed by atoms with Gasteiger partial charge in [0.15, 0.2) is 5.82 Å². The number of anilines is 1.